The van der Waals surface area contributed by atoms with Gasteiger partial charge in [0.1, 0.15) is 40.9 Å². The molecule has 142 valence electrons. The van der Waals surface area contributed by atoms with E-state index in [1.54, 1.807) is 18.2 Å². The summed E-state index contributed by atoms with van der Waals surface area (Å²) in [7, 11) is 0. The smallest absolute Gasteiger partial charge is 0.693 e. The number of nitrogens with two attached hydrogens (primary N) is 2. The summed E-state index contributed by atoms with van der Waals surface area (Å²) in [4.78, 5) is 20.6. The molecule has 0 aliphatic rings. The number of nitrogens with zero attached hydrogens (tertiary/aromatic N) is 5. The molecule has 0 aliphatic carbocycles. The number of carbonyl (C=O) groups excluding carboxylic acids is 1. The number of pyridine rings is 3. The maximum Gasteiger partial charge on any atom is 1.00 e. The van der Waals surface area contributed by atoms with Gasteiger partial charge in [-0.25, -0.2) is 18.7 Å². The van der Waals surface area contributed by atoms with Crippen molar-refractivity contribution in [3.63, 3.8) is 0 Å². The Hall–Kier alpha value is -3.28. The van der Waals surface area contributed by atoms with Gasteiger partial charge in [0.25, 0.3) is 0 Å². The first-order valence-corrected chi connectivity index (χ1v) is 7.18. The molecule has 0 spiro atoms. The minimum Gasteiger partial charge on any atom is -0.693 e. The molecule has 0 amide bonds. The van der Waals surface area contributed by atoms with Crippen molar-refractivity contribution in [2.24, 2.45) is 0 Å². The van der Waals surface area contributed by atoms with Gasteiger partial charge in [-0.2, -0.15) is 10.5 Å². The van der Waals surface area contributed by atoms with Crippen LogP contribution in [0.4, 0.5) is 14.5 Å². The summed E-state index contributed by atoms with van der Waals surface area (Å²) in [5, 5.41) is 16.5. The number of aldehydes is 1. The van der Waals surface area contributed by atoms with Crippen LogP contribution in [0.2, 0.25) is 0 Å². The van der Waals surface area contributed by atoms with E-state index >= 15 is 0 Å². The average molecular weight is 405 g/mol. The number of carbonyl (C=O) groups is 1. The minimum absolute atomic E-state index is 0. The fraction of sp³-hybridized carbons (Fsp3) is 0. The molecule has 11 heteroatoms. The summed E-state index contributed by atoms with van der Waals surface area (Å²) < 4.78 is 24.1. The van der Waals surface area contributed by atoms with Crippen LogP contribution >= 0.6 is 0 Å². The van der Waals surface area contributed by atoms with Crippen molar-refractivity contribution in [1.82, 2.24) is 15.0 Å². The molecule has 0 atom stereocenters. The van der Waals surface area contributed by atoms with Crippen molar-refractivity contribution in [2.75, 3.05) is 5.73 Å². The first kappa shape index (κ1) is 27.9. The van der Waals surface area contributed by atoms with E-state index in [4.69, 9.17) is 16.3 Å². The van der Waals surface area contributed by atoms with Crippen molar-refractivity contribution in [1.29, 1.82) is 10.5 Å². The van der Waals surface area contributed by atoms with Crippen molar-refractivity contribution in [3.05, 3.63) is 89.9 Å². The fourth-order valence-electron chi connectivity index (χ4n) is 1.37. The average Bonchev–Trinajstić information content (AvgIpc) is 2.71. The van der Waals surface area contributed by atoms with E-state index in [2.05, 4.69) is 15.0 Å². The standard InChI is InChI=1S/C6H3FN2.C6H4FNO.C6H5N3.H2N.Na/c7-5-1-2-6(3-8)9-4-5;7-5-1-2-6(4-9)8-3-5;7-3-6-2-1-5(8)4-9-6;;/h1-2,4H;1-4H;1-2,4H,8H2;1H2;/q;;;-1;+1. The van der Waals surface area contributed by atoms with Crippen LogP contribution in [0.1, 0.15) is 21.9 Å². The molecule has 0 aromatic carbocycles. The normalized spacial score (nSPS) is 8.00. The molecule has 3 heterocycles. The molecule has 3 aromatic heterocycles. The van der Waals surface area contributed by atoms with E-state index in [0.717, 1.165) is 12.4 Å². The predicted octanol–water partition coefficient (Wildman–Crippen LogP) is 0.382. The third-order valence-electron chi connectivity index (χ3n) is 2.61. The predicted molar refractivity (Wildman–Crippen MR) is 97.1 cm³/mol. The Morgan fingerprint density at radius 3 is 1.66 bits per heavy atom. The van der Waals surface area contributed by atoms with Crippen LogP contribution in [-0.2, 0) is 0 Å². The monoisotopic (exact) mass is 405 g/mol. The summed E-state index contributed by atoms with van der Waals surface area (Å²) >= 11 is 0. The van der Waals surface area contributed by atoms with Crippen molar-refractivity contribution in [2.45, 2.75) is 0 Å². The van der Waals surface area contributed by atoms with Gasteiger partial charge in [-0.15, -0.1) is 0 Å². The van der Waals surface area contributed by atoms with E-state index in [0.29, 0.717) is 17.7 Å². The Balaban J connectivity index is 0. The molecule has 0 fully saturated rings. The molecular weight excluding hydrogens is 391 g/mol. The number of nitriles is 2. The number of hydrogen-bond acceptors (Lipinski definition) is 7. The number of aromatic nitrogens is 3. The molecule has 3 rings (SSSR count). The third-order valence-corrected chi connectivity index (χ3v) is 2.61. The zero-order valence-corrected chi connectivity index (χ0v) is 17.3. The number of nitrogen functional groups attached to an aromatic ring is 1. The van der Waals surface area contributed by atoms with E-state index in [9.17, 15) is 13.6 Å². The second-order valence-electron chi connectivity index (χ2n) is 4.58. The van der Waals surface area contributed by atoms with Gasteiger partial charge in [0.15, 0.2) is 6.29 Å². The molecule has 29 heavy (non-hydrogen) atoms. The zero-order valence-electron chi connectivity index (χ0n) is 15.3. The Morgan fingerprint density at radius 2 is 1.31 bits per heavy atom. The van der Waals surface area contributed by atoms with Gasteiger partial charge in [-0.05, 0) is 36.4 Å². The fourth-order valence-corrected chi connectivity index (χ4v) is 1.37. The van der Waals surface area contributed by atoms with Gasteiger partial charge >= 0.3 is 29.6 Å². The summed E-state index contributed by atoms with van der Waals surface area (Å²) in [5.41, 5.74) is 6.76. The third kappa shape index (κ3) is 11.9. The minimum atomic E-state index is -0.430. The largest absolute Gasteiger partial charge is 1.00 e. The summed E-state index contributed by atoms with van der Waals surface area (Å²) in [6.07, 6.45) is 4.04. The Kier molecular flexibility index (Phi) is 15.2. The van der Waals surface area contributed by atoms with Crippen molar-refractivity contribution in [3.8, 4) is 12.1 Å². The van der Waals surface area contributed by atoms with Gasteiger partial charge in [-0.3, -0.25) is 9.78 Å². The topological polar surface area (TPSA) is 163 Å². The van der Waals surface area contributed by atoms with Gasteiger partial charge < -0.3 is 11.9 Å². The molecule has 0 unspecified atom stereocenters. The molecule has 0 radical (unpaired) electrons. The van der Waals surface area contributed by atoms with Crippen LogP contribution in [0.3, 0.4) is 0 Å². The van der Waals surface area contributed by atoms with Crippen molar-refractivity contribution < 1.29 is 43.1 Å². The summed E-state index contributed by atoms with van der Waals surface area (Å²) in [6, 6.07) is 11.9. The van der Waals surface area contributed by atoms with E-state index in [1.807, 2.05) is 6.07 Å². The molecule has 0 saturated heterocycles. The van der Waals surface area contributed by atoms with E-state index < -0.39 is 11.6 Å². The number of hydrogen-bond donors (Lipinski definition) is 1. The zero-order chi connectivity index (χ0) is 20.1. The molecule has 0 bridgehead atoms. The maximum atomic E-state index is 12.1. The molecule has 0 saturated carbocycles. The molecule has 4 N–H and O–H groups in total. The van der Waals surface area contributed by atoms with Crippen LogP contribution in [-0.4, -0.2) is 21.2 Å². The number of halogens is 2. The van der Waals surface area contributed by atoms with Crippen LogP contribution < -0.4 is 35.3 Å². The van der Waals surface area contributed by atoms with Crippen LogP contribution in [0.15, 0.2) is 55.0 Å². The quantitative estimate of drug-likeness (QED) is 0.452. The van der Waals surface area contributed by atoms with Gasteiger partial charge in [-0.1, -0.05) is 0 Å². The number of rotatable bonds is 1. The van der Waals surface area contributed by atoms with Gasteiger partial charge in [0.2, 0.25) is 0 Å². The number of anilines is 1. The van der Waals surface area contributed by atoms with Crippen LogP contribution in [0.25, 0.3) is 6.15 Å². The first-order valence-electron chi connectivity index (χ1n) is 7.18. The SMILES string of the molecule is N#Cc1ccc(F)cn1.N#Cc1ccc(N)cn1.O=Cc1ccc(F)cn1.[NH2-].[Na+]. The molecule has 3 aromatic rings. The van der Waals surface area contributed by atoms with Gasteiger partial charge in [0.05, 0.1) is 24.3 Å². The second kappa shape index (κ2) is 15.7. The van der Waals surface area contributed by atoms with E-state index in [1.165, 1.54) is 30.5 Å². The molecule has 8 nitrogen and oxygen atoms in total. The van der Waals surface area contributed by atoms with E-state index in [-0.39, 0.29) is 47.1 Å². The summed E-state index contributed by atoms with van der Waals surface area (Å²) in [6.45, 7) is 0. The van der Waals surface area contributed by atoms with Crippen molar-refractivity contribution >= 4 is 12.0 Å². The molecular formula is C18H14F2N7NaO. The van der Waals surface area contributed by atoms with Crippen LogP contribution in [0, 0.1) is 34.3 Å². The summed E-state index contributed by atoms with van der Waals surface area (Å²) in [5.74, 6) is -0.852. The van der Waals surface area contributed by atoms with Gasteiger partial charge in [0, 0.05) is 0 Å². The second-order valence-corrected chi connectivity index (χ2v) is 4.58. The first-order chi connectivity index (χ1) is 13.0. The Morgan fingerprint density at radius 1 is 0.828 bits per heavy atom. The Labute approximate surface area is 187 Å². The molecule has 0 aliphatic heterocycles. The van der Waals surface area contributed by atoms with Crippen LogP contribution in [0.5, 0.6) is 0 Å². The maximum absolute atomic E-state index is 12.1. The Bertz CT molecular complexity index is 883.